The summed E-state index contributed by atoms with van der Waals surface area (Å²) in [6.45, 7) is 6.38. The maximum absolute atomic E-state index is 5.93. The van der Waals surface area contributed by atoms with Crippen LogP contribution >= 0.6 is 0 Å². The van der Waals surface area contributed by atoms with Crippen molar-refractivity contribution in [1.29, 1.82) is 0 Å². The standard InChI is InChI=1S/C19H28O3/c1-14-3-7-16(8-4-14)11-20-18-12-21-19(22-13-18)17-9-5-15(2)6-10-17/h3-4,7-8,15,17-19H,5-6,9-13H2,1-2H3. The molecule has 1 heterocycles. The van der Waals surface area contributed by atoms with Crippen LogP contribution in [0.5, 0.6) is 0 Å². The minimum absolute atomic E-state index is 0.00766. The highest BCUT2D eigenvalue weighted by molar-refractivity contribution is 5.20. The van der Waals surface area contributed by atoms with Crippen molar-refractivity contribution in [1.82, 2.24) is 0 Å². The zero-order valence-electron chi connectivity index (χ0n) is 13.8. The van der Waals surface area contributed by atoms with Crippen molar-refractivity contribution >= 4 is 0 Å². The van der Waals surface area contributed by atoms with Gasteiger partial charge in [-0.25, -0.2) is 0 Å². The van der Waals surface area contributed by atoms with Gasteiger partial charge >= 0.3 is 0 Å². The first-order valence-corrected chi connectivity index (χ1v) is 8.61. The van der Waals surface area contributed by atoms with Crippen LogP contribution in [0.3, 0.4) is 0 Å². The van der Waals surface area contributed by atoms with Crippen LogP contribution in [0.15, 0.2) is 24.3 Å². The van der Waals surface area contributed by atoms with Gasteiger partial charge in [0, 0.05) is 5.92 Å². The van der Waals surface area contributed by atoms with E-state index in [1.807, 2.05) is 0 Å². The van der Waals surface area contributed by atoms with Crippen LogP contribution in [0.25, 0.3) is 0 Å². The Morgan fingerprint density at radius 2 is 1.64 bits per heavy atom. The van der Waals surface area contributed by atoms with Crippen molar-refractivity contribution < 1.29 is 14.2 Å². The van der Waals surface area contributed by atoms with Crippen molar-refractivity contribution in [2.45, 2.75) is 58.5 Å². The Morgan fingerprint density at radius 1 is 1.00 bits per heavy atom. The third-order valence-electron chi connectivity index (χ3n) is 4.94. The Morgan fingerprint density at radius 3 is 2.27 bits per heavy atom. The summed E-state index contributed by atoms with van der Waals surface area (Å²) >= 11 is 0. The predicted octanol–water partition coefficient (Wildman–Crippen LogP) is 4.08. The molecule has 0 unspecified atom stereocenters. The first kappa shape index (κ1) is 16.0. The van der Waals surface area contributed by atoms with Crippen molar-refractivity contribution in [3.8, 4) is 0 Å². The SMILES string of the molecule is Cc1ccc(COC2COC(C3CCC(C)CC3)OC2)cc1. The highest BCUT2D eigenvalue weighted by atomic mass is 16.7. The van der Waals surface area contributed by atoms with Gasteiger partial charge in [-0.1, -0.05) is 49.6 Å². The Labute approximate surface area is 134 Å². The number of hydrogen-bond acceptors (Lipinski definition) is 3. The molecular formula is C19H28O3. The van der Waals surface area contributed by atoms with E-state index in [0.29, 0.717) is 25.7 Å². The summed E-state index contributed by atoms with van der Waals surface area (Å²) in [6.07, 6.45) is 5.14. The third kappa shape index (κ3) is 4.31. The summed E-state index contributed by atoms with van der Waals surface area (Å²) in [6, 6.07) is 8.47. The van der Waals surface area contributed by atoms with E-state index in [2.05, 4.69) is 38.1 Å². The molecule has 2 fully saturated rings. The van der Waals surface area contributed by atoms with E-state index in [1.165, 1.54) is 36.8 Å². The van der Waals surface area contributed by atoms with Gasteiger partial charge in [-0.2, -0.15) is 0 Å². The summed E-state index contributed by atoms with van der Waals surface area (Å²) in [5, 5.41) is 0. The molecule has 0 atom stereocenters. The van der Waals surface area contributed by atoms with E-state index < -0.39 is 0 Å². The molecule has 0 aromatic heterocycles. The lowest BCUT2D eigenvalue weighted by Gasteiger charge is -2.36. The molecule has 22 heavy (non-hydrogen) atoms. The van der Waals surface area contributed by atoms with Gasteiger partial charge in [-0.3, -0.25) is 0 Å². The maximum atomic E-state index is 5.93. The molecule has 3 rings (SSSR count). The second-order valence-electron chi connectivity index (χ2n) is 6.97. The smallest absolute Gasteiger partial charge is 0.160 e. The van der Waals surface area contributed by atoms with Gasteiger partial charge in [0.2, 0.25) is 0 Å². The van der Waals surface area contributed by atoms with E-state index in [1.54, 1.807) is 0 Å². The summed E-state index contributed by atoms with van der Waals surface area (Å²) in [5.41, 5.74) is 2.48. The van der Waals surface area contributed by atoms with Gasteiger partial charge in [0.15, 0.2) is 6.29 Å². The van der Waals surface area contributed by atoms with Crippen LogP contribution in [-0.2, 0) is 20.8 Å². The molecule has 0 N–H and O–H groups in total. The fourth-order valence-corrected chi connectivity index (χ4v) is 3.33. The Bertz CT molecular complexity index is 440. The van der Waals surface area contributed by atoms with Gasteiger partial charge in [0.25, 0.3) is 0 Å². The molecule has 1 aromatic rings. The molecule has 1 saturated carbocycles. The number of rotatable bonds is 4. The molecule has 1 aliphatic carbocycles. The zero-order chi connectivity index (χ0) is 15.4. The first-order valence-electron chi connectivity index (χ1n) is 8.61. The molecule has 1 aromatic carbocycles. The van der Waals surface area contributed by atoms with Crippen LogP contribution in [0.1, 0.15) is 43.7 Å². The molecule has 3 heteroatoms. The Hall–Kier alpha value is -0.900. The summed E-state index contributed by atoms with van der Waals surface area (Å²) in [7, 11) is 0. The van der Waals surface area contributed by atoms with Gasteiger partial charge < -0.3 is 14.2 Å². The molecular weight excluding hydrogens is 276 g/mol. The lowest BCUT2D eigenvalue weighted by Crippen LogP contribution is -2.41. The monoisotopic (exact) mass is 304 g/mol. The predicted molar refractivity (Wildman–Crippen MR) is 86.6 cm³/mol. The molecule has 2 aliphatic rings. The third-order valence-corrected chi connectivity index (χ3v) is 4.94. The summed E-state index contributed by atoms with van der Waals surface area (Å²) < 4.78 is 17.8. The fraction of sp³-hybridized carbons (Fsp3) is 0.684. The van der Waals surface area contributed by atoms with Crippen LogP contribution < -0.4 is 0 Å². The maximum Gasteiger partial charge on any atom is 0.160 e. The van der Waals surface area contributed by atoms with E-state index in [4.69, 9.17) is 14.2 Å². The van der Waals surface area contributed by atoms with E-state index in [0.717, 1.165) is 5.92 Å². The normalized spacial score (nSPS) is 32.8. The van der Waals surface area contributed by atoms with Crippen molar-refractivity contribution in [3.05, 3.63) is 35.4 Å². The number of aryl methyl sites for hydroxylation is 1. The second-order valence-corrected chi connectivity index (χ2v) is 6.97. The fourth-order valence-electron chi connectivity index (χ4n) is 3.33. The van der Waals surface area contributed by atoms with Crippen molar-refractivity contribution in [3.63, 3.8) is 0 Å². The largest absolute Gasteiger partial charge is 0.369 e. The molecule has 0 spiro atoms. The number of hydrogen-bond donors (Lipinski definition) is 0. The summed E-state index contributed by atoms with van der Waals surface area (Å²) in [4.78, 5) is 0. The van der Waals surface area contributed by atoms with Gasteiger partial charge in [0.1, 0.15) is 6.10 Å². The minimum atomic E-state index is -0.00766. The van der Waals surface area contributed by atoms with Gasteiger partial charge in [-0.05, 0) is 31.2 Å². The van der Waals surface area contributed by atoms with Gasteiger partial charge in [0.05, 0.1) is 19.8 Å². The molecule has 1 aliphatic heterocycles. The molecule has 1 saturated heterocycles. The Kier molecular flexibility index (Phi) is 5.51. The van der Waals surface area contributed by atoms with Gasteiger partial charge in [-0.15, -0.1) is 0 Å². The number of benzene rings is 1. The van der Waals surface area contributed by atoms with E-state index in [9.17, 15) is 0 Å². The van der Waals surface area contributed by atoms with E-state index >= 15 is 0 Å². The van der Waals surface area contributed by atoms with Crippen molar-refractivity contribution in [2.24, 2.45) is 11.8 Å². The highest BCUT2D eigenvalue weighted by Gasteiger charge is 2.31. The average Bonchev–Trinajstić information content (AvgIpc) is 2.56. The molecule has 0 radical (unpaired) electrons. The highest BCUT2D eigenvalue weighted by Crippen LogP contribution is 2.33. The van der Waals surface area contributed by atoms with Crippen LogP contribution in [-0.4, -0.2) is 25.6 Å². The quantitative estimate of drug-likeness (QED) is 0.839. The van der Waals surface area contributed by atoms with Crippen LogP contribution in [0.4, 0.5) is 0 Å². The number of ether oxygens (including phenoxy) is 3. The first-order chi connectivity index (χ1) is 10.7. The Balaban J connectivity index is 1.39. The molecule has 3 nitrogen and oxygen atoms in total. The lowest BCUT2D eigenvalue weighted by atomic mass is 9.82. The molecule has 122 valence electrons. The average molecular weight is 304 g/mol. The molecule has 0 amide bonds. The zero-order valence-corrected chi connectivity index (χ0v) is 13.8. The minimum Gasteiger partial charge on any atom is -0.369 e. The topological polar surface area (TPSA) is 27.7 Å². The van der Waals surface area contributed by atoms with E-state index in [-0.39, 0.29) is 12.4 Å². The second kappa shape index (κ2) is 7.58. The molecule has 0 bridgehead atoms. The summed E-state index contributed by atoms with van der Waals surface area (Å²) in [5.74, 6) is 1.44. The van der Waals surface area contributed by atoms with Crippen LogP contribution in [0.2, 0.25) is 0 Å². The van der Waals surface area contributed by atoms with Crippen molar-refractivity contribution in [2.75, 3.05) is 13.2 Å². The lowest BCUT2D eigenvalue weighted by molar-refractivity contribution is -0.251. The van der Waals surface area contributed by atoms with Crippen LogP contribution in [0, 0.1) is 18.8 Å².